The van der Waals surface area contributed by atoms with Crippen molar-refractivity contribution in [1.29, 1.82) is 0 Å². The third kappa shape index (κ3) is 7.53. The number of carbonyl (C=O) groups excluding carboxylic acids is 1. The van der Waals surface area contributed by atoms with Crippen LogP contribution in [0.5, 0.6) is 0 Å². The lowest BCUT2D eigenvalue weighted by Crippen LogP contribution is -2.25. The minimum atomic E-state index is -0.0860. The van der Waals surface area contributed by atoms with Crippen LogP contribution in [0.2, 0.25) is 0 Å². The van der Waals surface area contributed by atoms with E-state index in [0.29, 0.717) is 25.3 Å². The third-order valence-corrected chi connectivity index (χ3v) is 1.43. The monoisotopic (exact) mass is 184 g/mol. The fraction of sp³-hybridized carbons (Fsp3) is 0.600. The van der Waals surface area contributed by atoms with Crippen LogP contribution in [0.15, 0.2) is 12.2 Å². The van der Waals surface area contributed by atoms with Gasteiger partial charge in [0.05, 0.1) is 0 Å². The molecule has 0 rings (SSSR count). The van der Waals surface area contributed by atoms with Crippen molar-refractivity contribution in [2.75, 3.05) is 19.8 Å². The van der Waals surface area contributed by atoms with Crippen molar-refractivity contribution in [3.63, 3.8) is 0 Å². The van der Waals surface area contributed by atoms with Crippen LogP contribution in [-0.2, 0) is 9.53 Å². The van der Waals surface area contributed by atoms with Gasteiger partial charge in [0, 0.05) is 25.3 Å². The van der Waals surface area contributed by atoms with E-state index in [4.69, 9.17) is 4.74 Å². The molecule has 0 aliphatic heterocycles. The Hall–Kier alpha value is -0.830. The maximum absolute atomic E-state index is 11.0. The third-order valence-electron chi connectivity index (χ3n) is 1.43. The van der Waals surface area contributed by atoms with E-state index in [1.807, 2.05) is 0 Å². The molecule has 0 saturated carbocycles. The largest absolute Gasteiger partial charge is 0.381 e. The fourth-order valence-electron chi connectivity index (χ4n) is 0.731. The quantitative estimate of drug-likeness (QED) is 0.478. The molecule has 0 aromatic heterocycles. The second-order valence-electron chi connectivity index (χ2n) is 2.86. The van der Waals surface area contributed by atoms with Gasteiger partial charge >= 0.3 is 0 Å². The molecule has 0 heterocycles. The predicted octanol–water partition coefficient (Wildman–Crippen LogP) is 1.31. The molecular weight excluding hydrogens is 166 g/mol. The lowest BCUT2D eigenvalue weighted by atomic mass is 10.3. The van der Waals surface area contributed by atoms with Crippen LogP contribution in [0.1, 0.15) is 19.8 Å². The number of rotatable bonds is 7. The lowest BCUT2D eigenvalue weighted by Gasteiger charge is -2.04. The van der Waals surface area contributed by atoms with E-state index in [9.17, 15) is 4.79 Å². The Balaban J connectivity index is 3.16. The highest BCUT2D eigenvalue weighted by molar-refractivity contribution is 5.91. The van der Waals surface area contributed by atoms with Crippen LogP contribution in [0, 0.1) is 6.92 Å². The van der Waals surface area contributed by atoms with Crippen LogP contribution in [0.25, 0.3) is 0 Å². The molecule has 0 spiro atoms. The average Bonchev–Trinajstić information content (AvgIpc) is 2.10. The summed E-state index contributed by atoms with van der Waals surface area (Å²) in [5.41, 5.74) is 0.540. The van der Waals surface area contributed by atoms with Gasteiger partial charge in [-0.2, -0.15) is 0 Å². The van der Waals surface area contributed by atoms with Crippen LogP contribution in [0.3, 0.4) is 0 Å². The highest BCUT2D eigenvalue weighted by Gasteiger charge is 1.98. The van der Waals surface area contributed by atoms with Crippen molar-refractivity contribution in [1.82, 2.24) is 5.32 Å². The van der Waals surface area contributed by atoms with E-state index in [1.165, 1.54) is 0 Å². The summed E-state index contributed by atoms with van der Waals surface area (Å²) in [6.07, 6.45) is 1.62. The van der Waals surface area contributed by atoms with Gasteiger partial charge in [-0.05, 0) is 19.8 Å². The molecule has 0 aromatic rings. The van der Waals surface area contributed by atoms with Crippen LogP contribution >= 0.6 is 0 Å². The zero-order valence-electron chi connectivity index (χ0n) is 8.27. The highest BCUT2D eigenvalue weighted by Crippen LogP contribution is 1.87. The molecule has 0 aliphatic carbocycles. The molecule has 0 bridgehead atoms. The standard InChI is InChI=1S/C10H18NO2/c1-4-7-13-8-5-6-11-10(12)9(2)3/h1-2,4-8H2,3H3,(H,11,12). The summed E-state index contributed by atoms with van der Waals surface area (Å²) in [6.45, 7) is 10.9. The molecule has 13 heavy (non-hydrogen) atoms. The van der Waals surface area contributed by atoms with Gasteiger partial charge in [0.25, 0.3) is 0 Å². The Kier molecular flexibility index (Phi) is 7.30. The molecule has 1 N–H and O–H groups in total. The van der Waals surface area contributed by atoms with Crippen LogP contribution < -0.4 is 5.32 Å². The van der Waals surface area contributed by atoms with Crippen molar-refractivity contribution >= 4 is 5.91 Å². The van der Waals surface area contributed by atoms with Gasteiger partial charge in [0.2, 0.25) is 5.91 Å². The normalized spacial score (nSPS) is 9.69. The van der Waals surface area contributed by atoms with Gasteiger partial charge in [-0.15, -0.1) is 0 Å². The molecule has 0 aliphatic rings. The van der Waals surface area contributed by atoms with Crippen molar-refractivity contribution < 1.29 is 9.53 Å². The molecule has 0 aromatic carbocycles. The number of ether oxygens (including phenoxy) is 1. The summed E-state index contributed by atoms with van der Waals surface area (Å²) < 4.78 is 5.19. The number of nitrogens with one attached hydrogen (secondary N) is 1. The zero-order chi connectivity index (χ0) is 10.1. The Labute approximate surface area is 80.2 Å². The van der Waals surface area contributed by atoms with Gasteiger partial charge in [0.15, 0.2) is 0 Å². The lowest BCUT2D eigenvalue weighted by molar-refractivity contribution is -0.117. The van der Waals surface area contributed by atoms with E-state index in [2.05, 4.69) is 18.8 Å². The van der Waals surface area contributed by atoms with Gasteiger partial charge < -0.3 is 10.1 Å². The van der Waals surface area contributed by atoms with E-state index in [-0.39, 0.29) is 5.91 Å². The summed E-state index contributed by atoms with van der Waals surface area (Å²) >= 11 is 0. The van der Waals surface area contributed by atoms with Crippen molar-refractivity contribution in [2.45, 2.75) is 19.8 Å². The topological polar surface area (TPSA) is 38.3 Å². The Bertz CT molecular complexity index is 166. The summed E-state index contributed by atoms with van der Waals surface area (Å²) in [4.78, 5) is 11.0. The first-order valence-corrected chi connectivity index (χ1v) is 4.49. The SMILES string of the molecule is [CH2]CCOCCCNC(=O)C(=C)C. The van der Waals surface area contributed by atoms with E-state index < -0.39 is 0 Å². The molecule has 75 valence electrons. The highest BCUT2D eigenvalue weighted by atomic mass is 16.5. The van der Waals surface area contributed by atoms with Crippen molar-refractivity contribution in [2.24, 2.45) is 0 Å². The first-order valence-electron chi connectivity index (χ1n) is 4.49. The minimum absolute atomic E-state index is 0.0860. The number of hydrogen-bond acceptors (Lipinski definition) is 2. The number of hydrogen-bond donors (Lipinski definition) is 1. The van der Waals surface area contributed by atoms with Crippen LogP contribution in [-0.4, -0.2) is 25.7 Å². The van der Waals surface area contributed by atoms with Gasteiger partial charge in [-0.25, -0.2) is 0 Å². The molecule has 0 fully saturated rings. The average molecular weight is 184 g/mol. The first kappa shape index (κ1) is 12.2. The maximum atomic E-state index is 11.0. The first-order chi connectivity index (χ1) is 6.18. The van der Waals surface area contributed by atoms with Crippen molar-refractivity contribution in [3.05, 3.63) is 19.1 Å². The summed E-state index contributed by atoms with van der Waals surface area (Å²) in [5, 5.41) is 2.72. The molecular formula is C10H18NO2. The van der Waals surface area contributed by atoms with E-state index in [1.54, 1.807) is 6.92 Å². The predicted molar refractivity (Wildman–Crippen MR) is 53.2 cm³/mol. The molecule has 3 heteroatoms. The van der Waals surface area contributed by atoms with Gasteiger partial charge in [0.1, 0.15) is 0 Å². The zero-order valence-corrected chi connectivity index (χ0v) is 8.27. The van der Waals surface area contributed by atoms with Crippen molar-refractivity contribution in [3.8, 4) is 0 Å². The second-order valence-corrected chi connectivity index (χ2v) is 2.86. The Morgan fingerprint density at radius 3 is 2.69 bits per heavy atom. The summed E-state index contributed by atoms with van der Waals surface area (Å²) in [7, 11) is 0. The fourth-order valence-corrected chi connectivity index (χ4v) is 0.731. The molecule has 0 unspecified atom stereocenters. The number of carbonyl (C=O) groups is 1. The Morgan fingerprint density at radius 2 is 2.15 bits per heavy atom. The van der Waals surface area contributed by atoms with Gasteiger partial charge in [-0.1, -0.05) is 13.5 Å². The molecule has 1 radical (unpaired) electrons. The smallest absolute Gasteiger partial charge is 0.246 e. The molecule has 1 amide bonds. The Morgan fingerprint density at radius 1 is 1.46 bits per heavy atom. The molecule has 0 saturated heterocycles. The maximum Gasteiger partial charge on any atom is 0.246 e. The number of amides is 1. The van der Waals surface area contributed by atoms with Crippen LogP contribution in [0.4, 0.5) is 0 Å². The van der Waals surface area contributed by atoms with E-state index in [0.717, 1.165) is 12.8 Å². The molecule has 3 nitrogen and oxygen atoms in total. The minimum Gasteiger partial charge on any atom is -0.381 e. The second kappa shape index (κ2) is 7.80. The van der Waals surface area contributed by atoms with E-state index >= 15 is 0 Å². The van der Waals surface area contributed by atoms with Gasteiger partial charge in [-0.3, -0.25) is 4.79 Å². The molecule has 0 atom stereocenters. The summed E-state index contributed by atoms with van der Waals surface area (Å²) in [5.74, 6) is -0.0860. The summed E-state index contributed by atoms with van der Waals surface area (Å²) in [6, 6.07) is 0.